The second kappa shape index (κ2) is 13.2. The molecule has 7 heteroatoms. The highest BCUT2D eigenvalue weighted by molar-refractivity contribution is 7.87. The van der Waals surface area contributed by atoms with Crippen molar-refractivity contribution in [1.82, 2.24) is 0 Å². The topological polar surface area (TPSA) is 54.4 Å². The highest BCUT2D eigenvalue weighted by Gasteiger charge is 2.27. The predicted molar refractivity (Wildman–Crippen MR) is 92.3 cm³/mol. The number of hydrogen-bond acceptors (Lipinski definition) is 2. The maximum absolute atomic E-state index is 10.8. The van der Waals surface area contributed by atoms with Crippen LogP contribution in [0.4, 0.5) is 0 Å². The lowest BCUT2D eigenvalue weighted by Gasteiger charge is -2.12. The standard InChI is InChI=1S/C14H27Cl3O3S/c15-12-10-8-6-4-2-1-3-5-7-9-11-13(16)14(17)21(18,19)20/h13-14H,1-12H2,(H,18,19,20). The number of hydrogen-bond donors (Lipinski definition) is 1. The molecule has 0 aliphatic rings. The highest BCUT2D eigenvalue weighted by Crippen LogP contribution is 2.21. The number of rotatable bonds is 14. The Bertz CT molecular complexity index is 336. The summed E-state index contributed by atoms with van der Waals surface area (Å²) < 4.78 is 29.0. The first kappa shape index (κ1) is 21.8. The van der Waals surface area contributed by atoms with E-state index in [4.69, 9.17) is 39.4 Å². The molecule has 1 N–H and O–H groups in total. The van der Waals surface area contributed by atoms with E-state index < -0.39 is 20.2 Å². The first-order chi connectivity index (χ1) is 9.89. The zero-order chi connectivity index (χ0) is 16.1. The molecule has 0 fully saturated rings. The Balaban J connectivity index is 3.36. The lowest BCUT2D eigenvalue weighted by Crippen LogP contribution is -2.24. The van der Waals surface area contributed by atoms with Gasteiger partial charge in [-0.3, -0.25) is 4.55 Å². The molecule has 21 heavy (non-hydrogen) atoms. The summed E-state index contributed by atoms with van der Waals surface area (Å²) in [7, 11) is -4.24. The van der Waals surface area contributed by atoms with Gasteiger partial charge >= 0.3 is 0 Å². The summed E-state index contributed by atoms with van der Waals surface area (Å²) in [6, 6.07) is 0. The molecule has 0 saturated carbocycles. The van der Waals surface area contributed by atoms with Crippen LogP contribution in [0.2, 0.25) is 0 Å². The molecule has 0 aromatic rings. The lowest BCUT2D eigenvalue weighted by atomic mass is 10.1. The normalized spacial score (nSPS) is 15.0. The van der Waals surface area contributed by atoms with Crippen molar-refractivity contribution >= 4 is 44.9 Å². The van der Waals surface area contributed by atoms with Crippen LogP contribution < -0.4 is 0 Å². The van der Waals surface area contributed by atoms with Gasteiger partial charge in [0.2, 0.25) is 0 Å². The second-order valence-corrected chi connectivity index (χ2v) is 8.60. The number of unbranched alkanes of at least 4 members (excludes halogenated alkanes) is 9. The lowest BCUT2D eigenvalue weighted by molar-refractivity contribution is 0.473. The molecule has 0 saturated heterocycles. The van der Waals surface area contributed by atoms with E-state index in [-0.39, 0.29) is 0 Å². The molecule has 128 valence electrons. The van der Waals surface area contributed by atoms with Crippen molar-refractivity contribution in [2.24, 2.45) is 0 Å². The SMILES string of the molecule is O=S(=O)(O)C(Cl)C(Cl)CCCCCCCCCCCCCl. The van der Waals surface area contributed by atoms with Crippen LogP contribution in [0.25, 0.3) is 0 Å². The van der Waals surface area contributed by atoms with E-state index in [0.717, 1.165) is 31.6 Å². The highest BCUT2D eigenvalue weighted by atomic mass is 35.5. The van der Waals surface area contributed by atoms with Crippen LogP contribution in [-0.2, 0) is 10.1 Å². The Morgan fingerprint density at radius 2 is 1.14 bits per heavy atom. The fourth-order valence-corrected chi connectivity index (χ4v) is 3.53. The maximum Gasteiger partial charge on any atom is 0.283 e. The first-order valence-electron chi connectivity index (χ1n) is 7.70. The van der Waals surface area contributed by atoms with Gasteiger partial charge in [0.25, 0.3) is 10.1 Å². The molecular formula is C14H27Cl3O3S. The average molecular weight is 382 g/mol. The minimum Gasteiger partial charge on any atom is -0.284 e. The molecule has 0 amide bonds. The molecule has 0 aromatic carbocycles. The Kier molecular flexibility index (Phi) is 13.7. The van der Waals surface area contributed by atoms with Gasteiger partial charge in [0.15, 0.2) is 4.71 Å². The van der Waals surface area contributed by atoms with E-state index in [0.29, 0.717) is 6.42 Å². The monoisotopic (exact) mass is 380 g/mol. The van der Waals surface area contributed by atoms with Crippen LogP contribution in [0, 0.1) is 0 Å². The minimum absolute atomic E-state index is 0.508. The summed E-state index contributed by atoms with van der Waals surface area (Å²) in [5.74, 6) is 0.766. The average Bonchev–Trinajstić information content (AvgIpc) is 2.42. The van der Waals surface area contributed by atoms with Crippen LogP contribution in [0.5, 0.6) is 0 Å². The predicted octanol–water partition coefficient (Wildman–Crippen LogP) is 5.58. The smallest absolute Gasteiger partial charge is 0.283 e. The largest absolute Gasteiger partial charge is 0.284 e. The van der Waals surface area contributed by atoms with Crippen LogP contribution in [0.1, 0.15) is 70.6 Å². The molecule has 2 atom stereocenters. The third kappa shape index (κ3) is 13.0. The summed E-state index contributed by atoms with van der Waals surface area (Å²) in [4.78, 5) is 0. The molecule has 0 radical (unpaired) electrons. The fourth-order valence-electron chi connectivity index (χ4n) is 2.17. The van der Waals surface area contributed by atoms with Gasteiger partial charge in [0.05, 0.1) is 5.38 Å². The van der Waals surface area contributed by atoms with E-state index in [9.17, 15) is 8.42 Å². The zero-order valence-electron chi connectivity index (χ0n) is 12.4. The van der Waals surface area contributed by atoms with Crippen molar-refractivity contribution in [3.63, 3.8) is 0 Å². The van der Waals surface area contributed by atoms with Crippen molar-refractivity contribution in [1.29, 1.82) is 0 Å². The van der Waals surface area contributed by atoms with E-state index in [1.165, 1.54) is 38.5 Å². The maximum atomic E-state index is 10.8. The summed E-state index contributed by atoms with van der Waals surface area (Å²) in [5, 5.41) is -0.733. The molecular weight excluding hydrogens is 355 g/mol. The van der Waals surface area contributed by atoms with Crippen molar-refractivity contribution < 1.29 is 13.0 Å². The molecule has 0 spiro atoms. The van der Waals surface area contributed by atoms with Crippen molar-refractivity contribution in [3.05, 3.63) is 0 Å². The van der Waals surface area contributed by atoms with Gasteiger partial charge in [-0.05, 0) is 12.8 Å². The van der Waals surface area contributed by atoms with Gasteiger partial charge in [0, 0.05) is 5.88 Å². The van der Waals surface area contributed by atoms with Crippen LogP contribution in [0.3, 0.4) is 0 Å². The molecule has 0 heterocycles. The van der Waals surface area contributed by atoms with Crippen molar-refractivity contribution in [2.45, 2.75) is 80.7 Å². The van der Waals surface area contributed by atoms with Gasteiger partial charge < -0.3 is 0 Å². The van der Waals surface area contributed by atoms with Gasteiger partial charge in [-0.15, -0.1) is 34.8 Å². The van der Waals surface area contributed by atoms with E-state index in [1.807, 2.05) is 0 Å². The fraction of sp³-hybridized carbons (Fsp3) is 1.00. The third-order valence-corrected chi connectivity index (χ3v) is 6.33. The van der Waals surface area contributed by atoms with Gasteiger partial charge in [0.1, 0.15) is 0 Å². The van der Waals surface area contributed by atoms with Crippen LogP contribution in [-0.4, -0.2) is 28.9 Å². The summed E-state index contributed by atoms with van der Waals surface area (Å²) in [6.07, 6.45) is 12.1. The summed E-state index contributed by atoms with van der Waals surface area (Å²) in [5.41, 5.74) is 0. The number of halogens is 3. The van der Waals surface area contributed by atoms with Gasteiger partial charge in [-0.2, -0.15) is 8.42 Å². The minimum atomic E-state index is -4.24. The third-order valence-electron chi connectivity index (χ3n) is 3.43. The Morgan fingerprint density at radius 1 is 0.762 bits per heavy atom. The first-order valence-corrected chi connectivity index (χ1v) is 10.6. The molecule has 3 nitrogen and oxygen atoms in total. The molecule has 0 aromatic heterocycles. The van der Waals surface area contributed by atoms with E-state index >= 15 is 0 Å². The Hall–Kier alpha value is 0.780. The molecule has 0 aliphatic heterocycles. The second-order valence-electron chi connectivity index (χ2n) is 5.40. The zero-order valence-corrected chi connectivity index (χ0v) is 15.5. The Morgan fingerprint density at radius 3 is 1.52 bits per heavy atom. The molecule has 0 bridgehead atoms. The summed E-state index contributed by atoms with van der Waals surface area (Å²) in [6.45, 7) is 0. The number of alkyl halides is 3. The molecule has 0 aliphatic carbocycles. The molecule has 2 unspecified atom stereocenters. The van der Waals surface area contributed by atoms with Crippen molar-refractivity contribution in [3.8, 4) is 0 Å². The van der Waals surface area contributed by atoms with Gasteiger partial charge in [-0.1, -0.05) is 57.8 Å². The summed E-state index contributed by atoms with van der Waals surface area (Å²) >= 11 is 17.0. The van der Waals surface area contributed by atoms with Gasteiger partial charge in [-0.25, -0.2) is 0 Å². The Labute approximate surface area is 144 Å². The quantitative estimate of drug-likeness (QED) is 0.243. The van der Waals surface area contributed by atoms with E-state index in [1.54, 1.807) is 0 Å². The molecule has 0 rings (SSSR count). The van der Waals surface area contributed by atoms with Crippen LogP contribution >= 0.6 is 34.8 Å². The van der Waals surface area contributed by atoms with E-state index in [2.05, 4.69) is 0 Å². The van der Waals surface area contributed by atoms with Crippen LogP contribution in [0.15, 0.2) is 0 Å². The van der Waals surface area contributed by atoms with Crippen molar-refractivity contribution in [2.75, 3.05) is 5.88 Å².